The van der Waals surface area contributed by atoms with E-state index in [9.17, 15) is 18.0 Å². The molecule has 0 radical (unpaired) electrons. The van der Waals surface area contributed by atoms with Crippen LogP contribution in [0.3, 0.4) is 0 Å². The number of halogens is 3. The molecule has 1 N–H and O–H groups in total. The quantitative estimate of drug-likeness (QED) is 0.166. The highest BCUT2D eigenvalue weighted by atomic mass is 35.5. The van der Waals surface area contributed by atoms with Gasteiger partial charge in [-0.05, 0) is 72.5 Å². The molecular formula is C35H34Cl3N3O4S. The van der Waals surface area contributed by atoms with E-state index in [1.165, 1.54) is 17.0 Å². The van der Waals surface area contributed by atoms with Crippen LogP contribution in [0.15, 0.2) is 108 Å². The zero-order valence-electron chi connectivity index (χ0n) is 25.0. The molecule has 0 heterocycles. The first-order chi connectivity index (χ1) is 22.1. The number of hydrogen-bond acceptors (Lipinski definition) is 4. The third-order valence-electron chi connectivity index (χ3n) is 8.05. The van der Waals surface area contributed by atoms with Crippen LogP contribution in [0.2, 0.25) is 15.1 Å². The monoisotopic (exact) mass is 697 g/mol. The minimum Gasteiger partial charge on any atom is -0.352 e. The number of nitrogens with one attached hydrogen (secondary N) is 1. The van der Waals surface area contributed by atoms with Crippen LogP contribution >= 0.6 is 34.8 Å². The van der Waals surface area contributed by atoms with Crippen molar-refractivity contribution in [3.63, 3.8) is 0 Å². The van der Waals surface area contributed by atoms with E-state index in [4.69, 9.17) is 34.8 Å². The van der Waals surface area contributed by atoms with Crippen LogP contribution < -0.4 is 9.62 Å². The minimum absolute atomic E-state index is 0.00543. The SMILES string of the molecule is O=C(NC1CCCC1)C(Cc1ccccc1)N(Cc1ccc(Cl)cc1Cl)C(=O)CN(c1ccc(Cl)cc1)S(=O)(=O)c1ccccc1. The van der Waals surface area contributed by atoms with Crippen molar-refractivity contribution in [2.45, 2.75) is 55.6 Å². The molecule has 1 atom stereocenters. The van der Waals surface area contributed by atoms with Gasteiger partial charge in [-0.25, -0.2) is 8.42 Å². The van der Waals surface area contributed by atoms with Gasteiger partial charge in [0, 0.05) is 34.1 Å². The maximum atomic E-state index is 14.6. The Bertz CT molecular complexity index is 1750. The maximum absolute atomic E-state index is 14.6. The largest absolute Gasteiger partial charge is 0.352 e. The minimum atomic E-state index is -4.21. The van der Waals surface area contributed by atoms with E-state index in [0.29, 0.717) is 20.6 Å². The third-order valence-corrected chi connectivity index (χ3v) is 10.7. The fraction of sp³-hybridized carbons (Fsp3) is 0.257. The van der Waals surface area contributed by atoms with Crippen LogP contribution in [0.5, 0.6) is 0 Å². The van der Waals surface area contributed by atoms with Crippen LogP contribution in [0.4, 0.5) is 5.69 Å². The number of carbonyl (C=O) groups is 2. The van der Waals surface area contributed by atoms with Crippen LogP contribution in [0.1, 0.15) is 36.8 Å². The van der Waals surface area contributed by atoms with E-state index < -0.39 is 28.5 Å². The molecule has 1 aliphatic rings. The van der Waals surface area contributed by atoms with Gasteiger partial charge in [-0.2, -0.15) is 0 Å². The number of nitrogens with zero attached hydrogens (tertiary/aromatic N) is 2. The molecule has 4 aromatic carbocycles. The van der Waals surface area contributed by atoms with E-state index in [1.54, 1.807) is 60.7 Å². The molecule has 0 saturated heterocycles. The topological polar surface area (TPSA) is 86.8 Å². The second kappa shape index (κ2) is 15.4. The van der Waals surface area contributed by atoms with Crippen molar-refractivity contribution < 1.29 is 18.0 Å². The molecule has 0 spiro atoms. The van der Waals surface area contributed by atoms with Crippen molar-refractivity contribution in [2.24, 2.45) is 0 Å². The lowest BCUT2D eigenvalue weighted by atomic mass is 10.0. The maximum Gasteiger partial charge on any atom is 0.264 e. The zero-order chi connectivity index (χ0) is 32.7. The van der Waals surface area contributed by atoms with E-state index in [2.05, 4.69) is 5.32 Å². The molecule has 4 aromatic rings. The standard InChI is InChI=1S/C35H34Cl3N3O4S/c36-27-17-19-30(20-18-27)41(46(44,45)31-13-5-2-6-14-31)24-34(42)40(23-26-15-16-28(37)22-32(26)38)33(21-25-9-3-1-4-10-25)35(43)39-29-11-7-8-12-29/h1-6,9-10,13-20,22,29,33H,7-8,11-12,21,23-24H2,(H,39,43). The summed E-state index contributed by atoms with van der Waals surface area (Å²) in [5.74, 6) is -0.888. The lowest BCUT2D eigenvalue weighted by molar-refractivity contribution is -0.140. The molecule has 1 saturated carbocycles. The van der Waals surface area contributed by atoms with Gasteiger partial charge in [0.2, 0.25) is 11.8 Å². The number of hydrogen-bond donors (Lipinski definition) is 1. The van der Waals surface area contributed by atoms with Gasteiger partial charge >= 0.3 is 0 Å². The first-order valence-electron chi connectivity index (χ1n) is 15.0. The fourth-order valence-electron chi connectivity index (χ4n) is 5.61. The second-order valence-electron chi connectivity index (χ2n) is 11.3. The van der Waals surface area contributed by atoms with Crippen LogP contribution in [0, 0.1) is 0 Å². The molecule has 0 aliphatic heterocycles. The van der Waals surface area contributed by atoms with Gasteiger partial charge in [0.15, 0.2) is 0 Å². The Labute approximate surface area is 285 Å². The second-order valence-corrected chi connectivity index (χ2v) is 14.4. The zero-order valence-corrected chi connectivity index (χ0v) is 28.1. The molecule has 5 rings (SSSR count). The Balaban J connectivity index is 1.57. The van der Waals surface area contributed by atoms with E-state index >= 15 is 0 Å². The lowest BCUT2D eigenvalue weighted by Gasteiger charge is -2.34. The highest BCUT2D eigenvalue weighted by Crippen LogP contribution is 2.28. The molecule has 240 valence electrons. The van der Waals surface area contributed by atoms with Crippen LogP contribution in [-0.2, 0) is 32.6 Å². The Morgan fingerprint density at radius 2 is 1.41 bits per heavy atom. The molecule has 2 amide bonds. The first kappa shape index (κ1) is 33.8. The smallest absolute Gasteiger partial charge is 0.264 e. The lowest BCUT2D eigenvalue weighted by Crippen LogP contribution is -2.54. The van der Waals surface area contributed by atoms with Gasteiger partial charge in [0.05, 0.1) is 10.6 Å². The van der Waals surface area contributed by atoms with Crippen molar-refractivity contribution in [1.82, 2.24) is 10.2 Å². The summed E-state index contributed by atoms with van der Waals surface area (Å²) in [5.41, 5.74) is 1.66. The Morgan fingerprint density at radius 1 is 0.804 bits per heavy atom. The molecule has 0 bridgehead atoms. The average molecular weight is 699 g/mol. The summed E-state index contributed by atoms with van der Waals surface area (Å²) in [6.45, 7) is -0.629. The summed E-state index contributed by atoms with van der Waals surface area (Å²) in [4.78, 5) is 30.1. The van der Waals surface area contributed by atoms with Gasteiger partial charge in [-0.3, -0.25) is 13.9 Å². The van der Waals surface area contributed by atoms with Crippen molar-refractivity contribution >= 4 is 62.3 Å². The molecule has 1 aliphatic carbocycles. The predicted molar refractivity (Wildman–Crippen MR) is 184 cm³/mol. The molecule has 7 nitrogen and oxygen atoms in total. The fourth-order valence-corrected chi connectivity index (χ4v) is 7.64. The number of benzene rings is 4. The van der Waals surface area contributed by atoms with Gasteiger partial charge in [0.25, 0.3) is 10.0 Å². The van der Waals surface area contributed by atoms with E-state index in [1.807, 2.05) is 30.3 Å². The summed E-state index contributed by atoms with van der Waals surface area (Å²) >= 11 is 18.9. The predicted octanol–water partition coefficient (Wildman–Crippen LogP) is 7.54. The molecule has 0 aromatic heterocycles. The Morgan fingerprint density at radius 3 is 2.04 bits per heavy atom. The van der Waals surface area contributed by atoms with Crippen molar-refractivity contribution in [2.75, 3.05) is 10.8 Å². The number of carbonyl (C=O) groups excluding carboxylic acids is 2. The number of anilines is 1. The van der Waals surface area contributed by atoms with Crippen LogP contribution in [0.25, 0.3) is 0 Å². The third kappa shape index (κ3) is 8.42. The highest BCUT2D eigenvalue weighted by molar-refractivity contribution is 7.92. The first-order valence-corrected chi connectivity index (χ1v) is 17.6. The Hall–Kier alpha value is -3.56. The number of rotatable bonds is 12. The van der Waals surface area contributed by atoms with Gasteiger partial charge in [-0.1, -0.05) is 102 Å². The molecule has 1 unspecified atom stereocenters. The number of sulfonamides is 1. The highest BCUT2D eigenvalue weighted by Gasteiger charge is 2.35. The normalized spacial score (nSPS) is 14.1. The number of amides is 2. The van der Waals surface area contributed by atoms with Gasteiger partial charge in [0.1, 0.15) is 12.6 Å². The summed E-state index contributed by atoms with van der Waals surface area (Å²) < 4.78 is 29.2. The van der Waals surface area contributed by atoms with Crippen LogP contribution in [-0.4, -0.2) is 43.8 Å². The molecule has 46 heavy (non-hydrogen) atoms. The summed E-state index contributed by atoms with van der Waals surface area (Å²) in [6, 6.07) is 27.5. The molecular weight excluding hydrogens is 665 g/mol. The summed E-state index contributed by atoms with van der Waals surface area (Å²) in [5, 5.41) is 4.32. The molecule has 1 fully saturated rings. The van der Waals surface area contributed by atoms with Crippen molar-refractivity contribution in [3.8, 4) is 0 Å². The van der Waals surface area contributed by atoms with Crippen molar-refractivity contribution in [3.05, 3.63) is 129 Å². The van der Waals surface area contributed by atoms with E-state index in [-0.39, 0.29) is 35.5 Å². The molecule has 11 heteroatoms. The van der Waals surface area contributed by atoms with E-state index in [0.717, 1.165) is 35.6 Å². The summed E-state index contributed by atoms with van der Waals surface area (Å²) in [7, 11) is -4.21. The Kier molecular flexibility index (Phi) is 11.3. The summed E-state index contributed by atoms with van der Waals surface area (Å²) in [6.07, 6.45) is 3.97. The van der Waals surface area contributed by atoms with Gasteiger partial charge in [-0.15, -0.1) is 0 Å². The van der Waals surface area contributed by atoms with Gasteiger partial charge < -0.3 is 10.2 Å². The average Bonchev–Trinajstić information content (AvgIpc) is 3.57. The van der Waals surface area contributed by atoms with Crippen molar-refractivity contribution in [1.29, 1.82) is 0 Å².